The third-order valence-corrected chi connectivity index (χ3v) is 6.57. The van der Waals surface area contributed by atoms with E-state index in [-0.39, 0.29) is 0 Å². The van der Waals surface area contributed by atoms with E-state index in [9.17, 15) is 12.8 Å². The number of nitrogens with zero attached hydrogens (tertiary/aromatic N) is 1. The van der Waals surface area contributed by atoms with Crippen molar-refractivity contribution in [3.8, 4) is 11.5 Å². The monoisotopic (exact) mass is 415 g/mol. The molecule has 0 aliphatic rings. The van der Waals surface area contributed by atoms with Crippen molar-refractivity contribution >= 4 is 15.7 Å². The van der Waals surface area contributed by atoms with Crippen molar-refractivity contribution in [1.82, 2.24) is 0 Å². The van der Waals surface area contributed by atoms with Gasteiger partial charge in [0.2, 0.25) is 0 Å². The van der Waals surface area contributed by atoms with Crippen LogP contribution in [0.3, 0.4) is 0 Å². The van der Waals surface area contributed by atoms with E-state index >= 15 is 0 Å². The number of rotatable bonds is 7. The van der Waals surface area contributed by atoms with E-state index in [1.807, 2.05) is 0 Å². The van der Waals surface area contributed by atoms with Crippen LogP contribution in [0.15, 0.2) is 77.7 Å². The smallest absolute Gasteiger partial charge is 0.267 e. The summed E-state index contributed by atoms with van der Waals surface area (Å²) in [4.78, 5) is -0.391. The molecular formula is C22H22FNO4S. The second-order valence-electron chi connectivity index (χ2n) is 6.35. The van der Waals surface area contributed by atoms with Crippen molar-refractivity contribution < 1.29 is 22.3 Å². The highest BCUT2D eigenvalue weighted by molar-refractivity contribution is 7.92. The Kier molecular flexibility index (Phi) is 6.08. The summed E-state index contributed by atoms with van der Waals surface area (Å²) < 4.78 is 53.3. The molecule has 0 aromatic heterocycles. The average Bonchev–Trinajstić information content (AvgIpc) is 2.74. The van der Waals surface area contributed by atoms with Gasteiger partial charge in [0.1, 0.15) is 22.2 Å². The van der Waals surface area contributed by atoms with Crippen LogP contribution in [0.2, 0.25) is 0 Å². The van der Waals surface area contributed by atoms with E-state index in [2.05, 4.69) is 0 Å². The summed E-state index contributed by atoms with van der Waals surface area (Å²) in [5.41, 5.74) is 1.04. The van der Waals surface area contributed by atoms with E-state index in [0.717, 1.165) is 6.07 Å². The molecule has 0 spiro atoms. The molecule has 152 valence electrons. The molecule has 3 aromatic rings. The van der Waals surface area contributed by atoms with Crippen LogP contribution in [0.25, 0.3) is 0 Å². The topological polar surface area (TPSA) is 55.8 Å². The van der Waals surface area contributed by atoms with Gasteiger partial charge in [0.15, 0.2) is 0 Å². The Bertz CT molecular complexity index is 1080. The third-order valence-electron chi connectivity index (χ3n) is 4.64. The molecule has 3 aromatic carbocycles. The summed E-state index contributed by atoms with van der Waals surface area (Å²) in [5.74, 6) is 0.322. The largest absolute Gasteiger partial charge is 0.497 e. The summed E-state index contributed by atoms with van der Waals surface area (Å²) in [7, 11) is -1.16. The van der Waals surface area contributed by atoms with Crippen LogP contribution in [-0.2, 0) is 10.0 Å². The Labute approximate surface area is 170 Å². The number of halogens is 1. The minimum absolute atomic E-state index is 0.382. The highest BCUT2D eigenvalue weighted by Gasteiger charge is 2.33. The maximum absolute atomic E-state index is 14.4. The van der Waals surface area contributed by atoms with Crippen LogP contribution in [0.4, 0.5) is 10.1 Å². The summed E-state index contributed by atoms with van der Waals surface area (Å²) in [6.45, 7) is 1.74. The number of para-hydroxylation sites is 1. The first-order chi connectivity index (χ1) is 13.9. The minimum atomic E-state index is -4.21. The quantitative estimate of drug-likeness (QED) is 0.556. The normalized spacial score (nSPS) is 12.3. The first-order valence-corrected chi connectivity index (χ1v) is 10.4. The first-order valence-electron chi connectivity index (χ1n) is 8.96. The Balaban J connectivity index is 2.20. The number of anilines is 1. The molecule has 3 rings (SSSR count). The maximum Gasteiger partial charge on any atom is 0.267 e. The number of ether oxygens (including phenoxy) is 2. The zero-order valence-electron chi connectivity index (χ0n) is 16.4. The second kappa shape index (κ2) is 8.53. The van der Waals surface area contributed by atoms with Gasteiger partial charge in [-0.3, -0.25) is 4.31 Å². The summed E-state index contributed by atoms with van der Waals surface area (Å²) in [5, 5.41) is 0. The fourth-order valence-electron chi connectivity index (χ4n) is 3.20. The maximum atomic E-state index is 14.4. The van der Waals surface area contributed by atoms with E-state index in [0.29, 0.717) is 22.7 Å². The molecule has 7 heteroatoms. The molecule has 0 amide bonds. The molecule has 0 aliphatic heterocycles. The molecule has 5 nitrogen and oxygen atoms in total. The standard InChI is InChI=1S/C22H22FNO4S/c1-16(19-8-4-6-10-21(19)28-3)24(17-12-14-18(27-2)15-13-17)29(25,26)22-11-7-5-9-20(22)23/h4-16H,1-3H3. The van der Waals surface area contributed by atoms with Crippen LogP contribution >= 0.6 is 0 Å². The van der Waals surface area contributed by atoms with Gasteiger partial charge in [0.05, 0.1) is 25.9 Å². The molecule has 0 bridgehead atoms. The van der Waals surface area contributed by atoms with Crippen LogP contribution in [0.5, 0.6) is 11.5 Å². The van der Waals surface area contributed by atoms with Gasteiger partial charge in [-0.1, -0.05) is 30.3 Å². The van der Waals surface area contributed by atoms with Gasteiger partial charge >= 0.3 is 0 Å². The summed E-state index contributed by atoms with van der Waals surface area (Å²) in [6.07, 6.45) is 0. The number of hydrogen-bond donors (Lipinski definition) is 0. The van der Waals surface area contributed by atoms with Crippen LogP contribution in [0, 0.1) is 5.82 Å². The average molecular weight is 415 g/mol. The summed E-state index contributed by atoms with van der Waals surface area (Å²) >= 11 is 0. The number of hydrogen-bond acceptors (Lipinski definition) is 4. The molecular weight excluding hydrogens is 393 g/mol. The van der Waals surface area contributed by atoms with Crippen LogP contribution < -0.4 is 13.8 Å². The Morgan fingerprint density at radius 2 is 1.48 bits per heavy atom. The highest BCUT2D eigenvalue weighted by atomic mass is 32.2. The molecule has 0 saturated heterocycles. The molecule has 0 aliphatic carbocycles. The van der Waals surface area contributed by atoms with Crippen molar-refractivity contribution in [3.63, 3.8) is 0 Å². The predicted octanol–water partition coefficient (Wildman–Crippen LogP) is 4.80. The Hall–Kier alpha value is -3.06. The Morgan fingerprint density at radius 1 is 0.862 bits per heavy atom. The van der Waals surface area contributed by atoms with Crippen molar-refractivity contribution in [1.29, 1.82) is 0 Å². The van der Waals surface area contributed by atoms with Crippen LogP contribution in [0.1, 0.15) is 18.5 Å². The molecule has 29 heavy (non-hydrogen) atoms. The second-order valence-corrected chi connectivity index (χ2v) is 8.13. The molecule has 1 unspecified atom stereocenters. The molecule has 0 heterocycles. The van der Waals surface area contributed by atoms with E-state index in [4.69, 9.17) is 9.47 Å². The lowest BCUT2D eigenvalue weighted by atomic mass is 10.1. The van der Waals surface area contributed by atoms with Crippen molar-refractivity contribution in [2.75, 3.05) is 18.5 Å². The zero-order valence-corrected chi connectivity index (χ0v) is 17.2. The highest BCUT2D eigenvalue weighted by Crippen LogP contribution is 2.37. The van der Waals surface area contributed by atoms with Gasteiger partial charge in [0.25, 0.3) is 10.0 Å². The van der Waals surface area contributed by atoms with E-state index in [1.54, 1.807) is 55.5 Å². The number of methoxy groups -OCH3 is 2. The fourth-order valence-corrected chi connectivity index (χ4v) is 4.90. The SMILES string of the molecule is COc1ccc(N(C(C)c2ccccc2OC)S(=O)(=O)c2ccccc2F)cc1. The van der Waals surface area contributed by atoms with Gasteiger partial charge in [-0.2, -0.15) is 0 Å². The van der Waals surface area contributed by atoms with E-state index < -0.39 is 26.8 Å². The lowest BCUT2D eigenvalue weighted by Crippen LogP contribution is -2.34. The van der Waals surface area contributed by atoms with Gasteiger partial charge in [-0.05, 0) is 49.4 Å². The summed E-state index contributed by atoms with van der Waals surface area (Å²) in [6, 6.07) is 18.4. The van der Waals surface area contributed by atoms with Crippen molar-refractivity contribution in [2.45, 2.75) is 17.9 Å². The minimum Gasteiger partial charge on any atom is -0.497 e. The Morgan fingerprint density at radius 3 is 2.10 bits per heavy atom. The van der Waals surface area contributed by atoms with E-state index in [1.165, 1.54) is 36.7 Å². The van der Waals surface area contributed by atoms with Gasteiger partial charge in [0, 0.05) is 5.56 Å². The lowest BCUT2D eigenvalue weighted by molar-refractivity contribution is 0.407. The fraction of sp³-hybridized carbons (Fsp3) is 0.182. The van der Waals surface area contributed by atoms with Gasteiger partial charge in [-0.15, -0.1) is 0 Å². The number of benzene rings is 3. The molecule has 0 radical (unpaired) electrons. The third kappa shape index (κ3) is 4.05. The predicted molar refractivity (Wildman–Crippen MR) is 110 cm³/mol. The molecule has 0 saturated carbocycles. The number of sulfonamides is 1. The molecule has 0 N–H and O–H groups in total. The zero-order chi connectivity index (χ0) is 21.0. The lowest BCUT2D eigenvalue weighted by Gasteiger charge is -2.31. The van der Waals surface area contributed by atoms with Crippen molar-refractivity contribution in [3.05, 3.63) is 84.2 Å². The first kappa shape index (κ1) is 20.7. The van der Waals surface area contributed by atoms with Gasteiger partial charge < -0.3 is 9.47 Å². The molecule has 0 fully saturated rings. The van der Waals surface area contributed by atoms with Crippen LogP contribution in [-0.4, -0.2) is 22.6 Å². The molecule has 1 atom stereocenters. The van der Waals surface area contributed by atoms with Crippen molar-refractivity contribution in [2.24, 2.45) is 0 Å². The van der Waals surface area contributed by atoms with Gasteiger partial charge in [-0.25, -0.2) is 12.8 Å².